The molecule has 1 unspecified atom stereocenters. The topological polar surface area (TPSA) is 86.4 Å². The molecule has 1 atom stereocenters. The Morgan fingerprint density at radius 2 is 2.00 bits per heavy atom. The second-order valence-electron chi connectivity index (χ2n) is 8.03. The lowest BCUT2D eigenvalue weighted by Gasteiger charge is -2.30. The summed E-state index contributed by atoms with van der Waals surface area (Å²) in [6.07, 6.45) is 2.63. The van der Waals surface area contributed by atoms with Crippen LogP contribution in [0.4, 0.5) is 17.2 Å². The molecule has 0 aliphatic carbocycles. The van der Waals surface area contributed by atoms with Gasteiger partial charge in [0.1, 0.15) is 29.4 Å². The molecule has 2 aromatic heterocycles. The standard InChI is InChI=1S/C26H26N6O/c1-3-33-20-10-8-19(9-11-20)30-26-17(2)24(22(16-27)23-13-15-29-32(23)26)31-25-21-7-5-4-6-18(21)12-14-28-25/h4-11,13,15,25,28,30-31H,3,12,14H2,1-2H3. The van der Waals surface area contributed by atoms with Crippen molar-refractivity contribution in [3.8, 4) is 11.8 Å². The van der Waals surface area contributed by atoms with Crippen LogP contribution in [0.3, 0.4) is 0 Å². The molecule has 0 saturated heterocycles. The minimum Gasteiger partial charge on any atom is -0.494 e. The Morgan fingerprint density at radius 1 is 1.18 bits per heavy atom. The summed E-state index contributed by atoms with van der Waals surface area (Å²) in [5, 5.41) is 25.2. The SMILES string of the molecule is CCOc1ccc(Nc2c(C)c(NC3NCCc4ccccc43)c(C#N)c3ccnn23)cc1. The average molecular weight is 439 g/mol. The van der Waals surface area contributed by atoms with Gasteiger partial charge in [0.25, 0.3) is 0 Å². The lowest BCUT2D eigenvalue weighted by atomic mass is 9.97. The number of aromatic nitrogens is 2. The van der Waals surface area contributed by atoms with Crippen LogP contribution in [0, 0.1) is 18.3 Å². The third-order valence-corrected chi connectivity index (χ3v) is 6.03. The Hall–Kier alpha value is -4.02. The molecule has 5 rings (SSSR count). The molecule has 2 aromatic carbocycles. The monoisotopic (exact) mass is 438 g/mol. The molecule has 0 fully saturated rings. The number of hydrogen-bond acceptors (Lipinski definition) is 6. The smallest absolute Gasteiger partial charge is 0.137 e. The average Bonchev–Trinajstić information content (AvgIpc) is 3.33. The van der Waals surface area contributed by atoms with E-state index in [9.17, 15) is 5.26 Å². The van der Waals surface area contributed by atoms with Gasteiger partial charge in [-0.15, -0.1) is 0 Å². The van der Waals surface area contributed by atoms with Crippen LogP contribution in [-0.4, -0.2) is 22.8 Å². The summed E-state index contributed by atoms with van der Waals surface area (Å²) in [5.74, 6) is 1.64. The number of fused-ring (bicyclic) bond motifs is 2. The van der Waals surface area contributed by atoms with E-state index >= 15 is 0 Å². The van der Waals surface area contributed by atoms with Crippen molar-refractivity contribution in [3.63, 3.8) is 0 Å². The van der Waals surface area contributed by atoms with Crippen LogP contribution >= 0.6 is 0 Å². The fourth-order valence-corrected chi connectivity index (χ4v) is 4.42. The second kappa shape index (κ2) is 8.85. The quantitative estimate of drug-likeness (QED) is 0.396. The number of benzene rings is 2. The number of nitrogens with one attached hydrogen (secondary N) is 3. The lowest BCUT2D eigenvalue weighted by Crippen LogP contribution is -2.35. The van der Waals surface area contributed by atoms with E-state index in [1.54, 1.807) is 10.7 Å². The first-order valence-corrected chi connectivity index (χ1v) is 11.2. The molecule has 1 aliphatic heterocycles. The first-order valence-electron chi connectivity index (χ1n) is 11.2. The number of nitrogens with zero attached hydrogens (tertiary/aromatic N) is 3. The van der Waals surface area contributed by atoms with Crippen LogP contribution in [0.5, 0.6) is 5.75 Å². The molecule has 33 heavy (non-hydrogen) atoms. The van der Waals surface area contributed by atoms with E-state index < -0.39 is 0 Å². The van der Waals surface area contributed by atoms with Gasteiger partial charge in [0.2, 0.25) is 0 Å². The van der Waals surface area contributed by atoms with E-state index in [1.165, 1.54) is 11.1 Å². The van der Waals surface area contributed by atoms with Gasteiger partial charge in [-0.1, -0.05) is 24.3 Å². The Bertz CT molecular complexity index is 1340. The summed E-state index contributed by atoms with van der Waals surface area (Å²) < 4.78 is 7.35. The third kappa shape index (κ3) is 3.86. The molecule has 0 bridgehead atoms. The highest BCUT2D eigenvalue weighted by molar-refractivity contribution is 5.82. The van der Waals surface area contributed by atoms with Gasteiger partial charge in [-0.05, 0) is 61.7 Å². The molecule has 7 heteroatoms. The summed E-state index contributed by atoms with van der Waals surface area (Å²) >= 11 is 0. The van der Waals surface area contributed by atoms with Gasteiger partial charge in [0.05, 0.1) is 24.0 Å². The van der Waals surface area contributed by atoms with Gasteiger partial charge < -0.3 is 15.4 Å². The molecule has 3 heterocycles. The molecular formula is C26H26N6O. The fourth-order valence-electron chi connectivity index (χ4n) is 4.42. The highest BCUT2D eigenvalue weighted by Gasteiger charge is 2.24. The first kappa shape index (κ1) is 20.9. The van der Waals surface area contributed by atoms with Crippen molar-refractivity contribution in [2.75, 3.05) is 23.8 Å². The van der Waals surface area contributed by atoms with E-state index in [1.807, 2.05) is 44.2 Å². The van der Waals surface area contributed by atoms with Gasteiger partial charge in [0.15, 0.2) is 0 Å². The Balaban J connectivity index is 1.57. The zero-order chi connectivity index (χ0) is 22.8. The zero-order valence-corrected chi connectivity index (χ0v) is 18.7. The van der Waals surface area contributed by atoms with Crippen molar-refractivity contribution in [3.05, 3.63) is 83.0 Å². The van der Waals surface area contributed by atoms with Gasteiger partial charge >= 0.3 is 0 Å². The number of ether oxygens (including phenoxy) is 1. The maximum atomic E-state index is 10.1. The molecule has 0 radical (unpaired) electrons. The minimum absolute atomic E-state index is 0.0792. The molecule has 0 amide bonds. The van der Waals surface area contributed by atoms with Crippen molar-refractivity contribution >= 4 is 22.7 Å². The molecule has 0 saturated carbocycles. The van der Waals surface area contributed by atoms with Crippen LogP contribution < -0.4 is 20.7 Å². The summed E-state index contributed by atoms with van der Waals surface area (Å²) in [4.78, 5) is 0. The zero-order valence-electron chi connectivity index (χ0n) is 18.7. The van der Waals surface area contributed by atoms with Crippen LogP contribution in [0.2, 0.25) is 0 Å². The molecular weight excluding hydrogens is 412 g/mol. The van der Waals surface area contributed by atoms with Crippen molar-refractivity contribution in [1.82, 2.24) is 14.9 Å². The molecule has 3 N–H and O–H groups in total. The Kier molecular flexibility index (Phi) is 5.59. The van der Waals surface area contributed by atoms with Gasteiger partial charge in [-0.3, -0.25) is 5.32 Å². The highest BCUT2D eigenvalue weighted by Crippen LogP contribution is 2.35. The van der Waals surface area contributed by atoms with Gasteiger partial charge in [-0.25, -0.2) is 4.52 Å². The van der Waals surface area contributed by atoms with E-state index in [4.69, 9.17) is 4.74 Å². The van der Waals surface area contributed by atoms with Gasteiger partial charge in [0, 0.05) is 17.8 Å². The summed E-state index contributed by atoms with van der Waals surface area (Å²) in [5.41, 5.74) is 6.49. The minimum atomic E-state index is -0.0792. The summed E-state index contributed by atoms with van der Waals surface area (Å²) in [6.45, 7) is 5.48. The lowest BCUT2D eigenvalue weighted by molar-refractivity contribution is 0.340. The predicted octanol–water partition coefficient (Wildman–Crippen LogP) is 4.91. The predicted molar refractivity (Wildman–Crippen MR) is 130 cm³/mol. The summed E-state index contributed by atoms with van der Waals surface area (Å²) in [6, 6.07) is 20.5. The number of hydrogen-bond donors (Lipinski definition) is 3. The van der Waals surface area contributed by atoms with Crippen molar-refractivity contribution < 1.29 is 4.74 Å². The normalized spacial score (nSPS) is 15.0. The number of anilines is 3. The maximum Gasteiger partial charge on any atom is 0.137 e. The van der Waals surface area contributed by atoms with Crippen LogP contribution in [-0.2, 0) is 6.42 Å². The van der Waals surface area contributed by atoms with Crippen LogP contribution in [0.1, 0.15) is 35.3 Å². The highest BCUT2D eigenvalue weighted by atomic mass is 16.5. The van der Waals surface area contributed by atoms with Crippen LogP contribution in [0.15, 0.2) is 60.8 Å². The molecule has 7 nitrogen and oxygen atoms in total. The van der Waals surface area contributed by atoms with E-state index in [0.717, 1.165) is 47.0 Å². The fraction of sp³-hybridized carbons (Fsp3) is 0.231. The summed E-state index contributed by atoms with van der Waals surface area (Å²) in [7, 11) is 0. The molecule has 4 aromatic rings. The largest absolute Gasteiger partial charge is 0.494 e. The first-order chi connectivity index (χ1) is 16.2. The Morgan fingerprint density at radius 3 is 2.79 bits per heavy atom. The van der Waals surface area contributed by atoms with E-state index in [-0.39, 0.29) is 6.17 Å². The molecule has 1 aliphatic rings. The molecule has 0 spiro atoms. The van der Waals surface area contributed by atoms with E-state index in [0.29, 0.717) is 12.2 Å². The second-order valence-corrected chi connectivity index (χ2v) is 8.03. The number of rotatable bonds is 6. The number of pyridine rings is 1. The van der Waals surface area contributed by atoms with Crippen molar-refractivity contribution in [2.45, 2.75) is 26.4 Å². The Labute approximate surface area is 193 Å². The van der Waals surface area contributed by atoms with Crippen LogP contribution in [0.25, 0.3) is 5.52 Å². The number of nitriles is 1. The molecule has 166 valence electrons. The van der Waals surface area contributed by atoms with Crippen molar-refractivity contribution in [1.29, 1.82) is 5.26 Å². The van der Waals surface area contributed by atoms with Crippen molar-refractivity contribution in [2.24, 2.45) is 0 Å². The maximum absolute atomic E-state index is 10.1. The van der Waals surface area contributed by atoms with Gasteiger partial charge in [-0.2, -0.15) is 10.4 Å². The van der Waals surface area contributed by atoms with E-state index in [2.05, 4.69) is 51.4 Å². The third-order valence-electron chi connectivity index (χ3n) is 6.03.